The second-order valence-corrected chi connectivity index (χ2v) is 8.22. The van der Waals surface area contributed by atoms with Gasteiger partial charge in [-0.2, -0.15) is 0 Å². The van der Waals surface area contributed by atoms with Crippen molar-refractivity contribution in [2.45, 2.75) is 20.3 Å². The lowest BCUT2D eigenvalue weighted by Gasteiger charge is -2.11. The van der Waals surface area contributed by atoms with Gasteiger partial charge in [-0.15, -0.1) is 11.3 Å². The number of methoxy groups -OCH3 is 1. The summed E-state index contributed by atoms with van der Waals surface area (Å²) in [6.07, 6.45) is 4.52. The molecule has 0 saturated heterocycles. The molecular weight excluding hydrogens is 404 g/mol. The molecule has 2 aromatic heterocycles. The van der Waals surface area contributed by atoms with Crippen LogP contribution in [0.1, 0.15) is 21.8 Å². The van der Waals surface area contributed by atoms with E-state index in [2.05, 4.69) is 21.4 Å². The number of hydrogen-bond donors (Lipinski definition) is 1. The van der Waals surface area contributed by atoms with Crippen LogP contribution in [0.3, 0.4) is 0 Å². The van der Waals surface area contributed by atoms with Crippen LogP contribution in [0.25, 0.3) is 5.69 Å². The van der Waals surface area contributed by atoms with E-state index in [4.69, 9.17) is 16.3 Å². The van der Waals surface area contributed by atoms with Crippen LogP contribution in [0.4, 0.5) is 10.8 Å². The van der Waals surface area contributed by atoms with Crippen LogP contribution in [0.5, 0.6) is 5.75 Å². The van der Waals surface area contributed by atoms with Gasteiger partial charge in [-0.1, -0.05) is 29.8 Å². The van der Waals surface area contributed by atoms with E-state index in [1.807, 2.05) is 61.0 Å². The SMILES string of the molecule is COc1cc(Nc2nc(C)c(Cc3ccccc3Cl)s2)ccc1-n1cnc(C)c1. The van der Waals surface area contributed by atoms with Gasteiger partial charge in [0, 0.05) is 34.3 Å². The van der Waals surface area contributed by atoms with Gasteiger partial charge in [-0.25, -0.2) is 9.97 Å². The molecule has 0 radical (unpaired) electrons. The van der Waals surface area contributed by atoms with E-state index in [1.54, 1.807) is 24.8 Å². The Balaban J connectivity index is 1.56. The van der Waals surface area contributed by atoms with Crippen molar-refractivity contribution in [3.05, 3.63) is 81.8 Å². The molecule has 0 amide bonds. The second kappa shape index (κ2) is 8.27. The Labute approximate surface area is 179 Å². The molecule has 4 rings (SSSR count). The fourth-order valence-corrected chi connectivity index (χ4v) is 4.31. The number of thiazole rings is 1. The van der Waals surface area contributed by atoms with Crippen molar-refractivity contribution in [1.29, 1.82) is 0 Å². The highest BCUT2D eigenvalue weighted by Gasteiger charge is 2.12. The third-order valence-corrected chi connectivity index (χ3v) is 6.06. The van der Waals surface area contributed by atoms with Crippen molar-refractivity contribution in [2.75, 3.05) is 12.4 Å². The monoisotopic (exact) mass is 424 g/mol. The number of benzene rings is 2. The van der Waals surface area contributed by atoms with Crippen molar-refractivity contribution < 1.29 is 4.74 Å². The van der Waals surface area contributed by atoms with Crippen molar-refractivity contribution in [1.82, 2.24) is 14.5 Å². The zero-order valence-corrected chi connectivity index (χ0v) is 18.0. The zero-order valence-electron chi connectivity index (χ0n) is 16.4. The number of aromatic nitrogens is 3. The van der Waals surface area contributed by atoms with Gasteiger partial charge in [0.2, 0.25) is 0 Å². The summed E-state index contributed by atoms with van der Waals surface area (Å²) < 4.78 is 7.54. The number of imidazole rings is 1. The molecule has 4 aromatic rings. The molecule has 0 aliphatic rings. The lowest BCUT2D eigenvalue weighted by molar-refractivity contribution is 0.413. The van der Waals surface area contributed by atoms with E-state index in [-0.39, 0.29) is 0 Å². The first-order chi connectivity index (χ1) is 14.0. The summed E-state index contributed by atoms with van der Waals surface area (Å²) in [4.78, 5) is 10.2. The molecule has 0 fully saturated rings. The average Bonchev–Trinajstić information content (AvgIpc) is 3.29. The first-order valence-corrected chi connectivity index (χ1v) is 10.4. The minimum absolute atomic E-state index is 0.761. The van der Waals surface area contributed by atoms with Gasteiger partial charge in [0.1, 0.15) is 5.75 Å². The molecule has 0 bridgehead atoms. The molecule has 0 saturated carbocycles. The normalized spacial score (nSPS) is 10.9. The van der Waals surface area contributed by atoms with Crippen LogP contribution < -0.4 is 10.1 Å². The Morgan fingerprint density at radius 3 is 2.72 bits per heavy atom. The van der Waals surface area contributed by atoms with E-state index in [1.165, 1.54) is 4.88 Å². The Bertz CT molecular complexity index is 1150. The molecular formula is C22H21ClN4OS. The Morgan fingerprint density at radius 2 is 2.00 bits per heavy atom. The average molecular weight is 425 g/mol. The quantitative estimate of drug-likeness (QED) is 0.416. The van der Waals surface area contributed by atoms with Crippen LogP contribution in [-0.2, 0) is 6.42 Å². The van der Waals surface area contributed by atoms with Crippen molar-refractivity contribution in [3.63, 3.8) is 0 Å². The van der Waals surface area contributed by atoms with Gasteiger partial charge in [0.15, 0.2) is 5.13 Å². The molecule has 5 nitrogen and oxygen atoms in total. The van der Waals surface area contributed by atoms with Crippen molar-refractivity contribution >= 4 is 33.8 Å². The fraction of sp³-hybridized carbons (Fsp3) is 0.182. The molecule has 0 atom stereocenters. The summed E-state index contributed by atoms with van der Waals surface area (Å²) in [6.45, 7) is 3.99. The molecule has 0 aliphatic heterocycles. The maximum absolute atomic E-state index is 6.31. The van der Waals surface area contributed by atoms with Gasteiger partial charge >= 0.3 is 0 Å². The van der Waals surface area contributed by atoms with Crippen LogP contribution in [0.2, 0.25) is 5.02 Å². The summed E-state index contributed by atoms with van der Waals surface area (Å²) >= 11 is 7.95. The predicted octanol–water partition coefficient (Wildman–Crippen LogP) is 5.94. The molecule has 2 heterocycles. The standard InChI is InChI=1S/C22H21ClN4OS/c1-14-12-27(13-24-14)19-9-8-17(11-20(19)28-3)26-22-25-15(2)21(29-22)10-16-6-4-5-7-18(16)23/h4-9,11-13H,10H2,1-3H3,(H,25,26). The highest BCUT2D eigenvalue weighted by molar-refractivity contribution is 7.15. The number of aryl methyl sites for hydroxylation is 2. The van der Waals surface area contributed by atoms with Gasteiger partial charge in [0.25, 0.3) is 0 Å². The maximum atomic E-state index is 6.31. The molecule has 2 aromatic carbocycles. The summed E-state index contributed by atoms with van der Waals surface area (Å²) in [5, 5.41) is 5.02. The van der Waals surface area contributed by atoms with Crippen LogP contribution in [0.15, 0.2) is 55.0 Å². The highest BCUT2D eigenvalue weighted by Crippen LogP contribution is 2.32. The summed E-state index contributed by atoms with van der Waals surface area (Å²) in [5.74, 6) is 0.761. The molecule has 29 heavy (non-hydrogen) atoms. The number of anilines is 2. The summed E-state index contributed by atoms with van der Waals surface area (Å²) in [5.41, 5.74) is 4.93. The predicted molar refractivity (Wildman–Crippen MR) is 119 cm³/mol. The Kier molecular flexibility index (Phi) is 5.56. The van der Waals surface area contributed by atoms with Gasteiger partial charge < -0.3 is 14.6 Å². The summed E-state index contributed by atoms with van der Waals surface area (Å²) in [6, 6.07) is 13.9. The lowest BCUT2D eigenvalue weighted by Crippen LogP contribution is -1.97. The Morgan fingerprint density at radius 1 is 1.17 bits per heavy atom. The molecule has 7 heteroatoms. The van der Waals surface area contributed by atoms with Gasteiger partial charge in [0.05, 0.1) is 30.5 Å². The number of hydrogen-bond acceptors (Lipinski definition) is 5. The van der Waals surface area contributed by atoms with Crippen molar-refractivity contribution in [3.8, 4) is 11.4 Å². The third-order valence-electron chi connectivity index (χ3n) is 4.62. The zero-order chi connectivity index (χ0) is 20.4. The lowest BCUT2D eigenvalue weighted by atomic mass is 10.1. The minimum atomic E-state index is 0.761. The highest BCUT2D eigenvalue weighted by atomic mass is 35.5. The molecule has 0 aliphatic carbocycles. The number of halogens is 1. The van der Waals surface area contributed by atoms with E-state index in [0.29, 0.717) is 0 Å². The Hall–Kier alpha value is -2.83. The second-order valence-electron chi connectivity index (χ2n) is 6.73. The third kappa shape index (κ3) is 4.28. The minimum Gasteiger partial charge on any atom is -0.494 e. The number of nitrogens with zero attached hydrogens (tertiary/aromatic N) is 3. The number of nitrogens with one attached hydrogen (secondary N) is 1. The molecule has 148 valence electrons. The van der Waals surface area contributed by atoms with Gasteiger partial charge in [-0.05, 0) is 37.6 Å². The van der Waals surface area contributed by atoms with Crippen LogP contribution in [-0.4, -0.2) is 21.6 Å². The fourth-order valence-electron chi connectivity index (χ4n) is 3.11. The maximum Gasteiger partial charge on any atom is 0.187 e. The van der Waals surface area contributed by atoms with Crippen LogP contribution in [0, 0.1) is 13.8 Å². The first-order valence-electron chi connectivity index (χ1n) is 9.19. The summed E-state index contributed by atoms with van der Waals surface area (Å²) in [7, 11) is 1.67. The number of ether oxygens (including phenoxy) is 1. The van der Waals surface area contributed by atoms with E-state index in [0.717, 1.165) is 50.7 Å². The van der Waals surface area contributed by atoms with E-state index < -0.39 is 0 Å². The van der Waals surface area contributed by atoms with E-state index in [9.17, 15) is 0 Å². The smallest absolute Gasteiger partial charge is 0.187 e. The molecule has 0 spiro atoms. The molecule has 1 N–H and O–H groups in total. The van der Waals surface area contributed by atoms with Crippen molar-refractivity contribution in [2.24, 2.45) is 0 Å². The largest absolute Gasteiger partial charge is 0.494 e. The van der Waals surface area contributed by atoms with E-state index >= 15 is 0 Å². The molecule has 0 unspecified atom stereocenters. The topological polar surface area (TPSA) is 52.0 Å². The first kappa shape index (κ1) is 19.5. The number of rotatable bonds is 6. The van der Waals surface area contributed by atoms with Crippen LogP contribution >= 0.6 is 22.9 Å². The van der Waals surface area contributed by atoms with Gasteiger partial charge in [-0.3, -0.25) is 0 Å².